The van der Waals surface area contributed by atoms with E-state index in [4.69, 9.17) is 13.3 Å². The number of thiophene rings is 1. The molecule has 1 unspecified atom stereocenters. The Bertz CT molecular complexity index is 1110. The Labute approximate surface area is 248 Å². The fraction of sp³-hybridized carbons (Fsp3) is 0.774. The van der Waals surface area contributed by atoms with Crippen LogP contribution in [0.2, 0.25) is 18.1 Å². The van der Waals surface area contributed by atoms with Crippen molar-refractivity contribution in [2.75, 3.05) is 13.4 Å². The maximum Gasteiger partial charge on any atom is 0.348 e. The van der Waals surface area contributed by atoms with Gasteiger partial charge in [-0.2, -0.15) is 8.42 Å². The predicted octanol–water partition coefficient (Wildman–Crippen LogP) is 8.15. The lowest BCUT2D eigenvalue weighted by molar-refractivity contribution is -0.0273. The molecule has 2 aliphatic carbocycles. The minimum absolute atomic E-state index is 0.0659. The first-order valence-electron chi connectivity index (χ1n) is 15.0. The molecule has 228 valence electrons. The van der Waals surface area contributed by atoms with Crippen molar-refractivity contribution in [1.29, 1.82) is 0 Å². The van der Waals surface area contributed by atoms with Crippen molar-refractivity contribution in [3.63, 3.8) is 0 Å². The molecular formula is C31H52O6S2Si. The number of esters is 1. The average molecular weight is 613 g/mol. The highest BCUT2D eigenvalue weighted by atomic mass is 32.2. The van der Waals surface area contributed by atoms with E-state index in [0.717, 1.165) is 51.2 Å². The van der Waals surface area contributed by atoms with Gasteiger partial charge in [-0.25, -0.2) is 4.79 Å². The van der Waals surface area contributed by atoms with Crippen LogP contribution in [0.4, 0.5) is 0 Å². The van der Waals surface area contributed by atoms with E-state index in [0.29, 0.717) is 10.8 Å². The van der Waals surface area contributed by atoms with Gasteiger partial charge in [-0.15, -0.1) is 11.3 Å². The van der Waals surface area contributed by atoms with Crippen molar-refractivity contribution in [1.82, 2.24) is 0 Å². The average Bonchev–Trinajstić information content (AvgIpc) is 3.44. The zero-order valence-corrected chi connectivity index (χ0v) is 28.6. The van der Waals surface area contributed by atoms with E-state index >= 15 is 0 Å². The maximum atomic E-state index is 12.1. The zero-order chi connectivity index (χ0) is 29.8. The Balaban J connectivity index is 1.71. The summed E-state index contributed by atoms with van der Waals surface area (Å²) in [4.78, 5) is 13.6. The molecule has 0 radical (unpaired) electrons. The van der Waals surface area contributed by atoms with Crippen LogP contribution in [0.5, 0.6) is 0 Å². The molecule has 3 rings (SSSR count). The van der Waals surface area contributed by atoms with Gasteiger partial charge in [0.05, 0.1) is 25.6 Å². The fourth-order valence-corrected chi connectivity index (χ4v) is 9.18. The van der Waals surface area contributed by atoms with Gasteiger partial charge in [-0.05, 0) is 99.4 Å². The van der Waals surface area contributed by atoms with E-state index in [2.05, 4.69) is 52.9 Å². The highest BCUT2D eigenvalue weighted by Gasteiger charge is 2.48. The first-order valence-corrected chi connectivity index (χ1v) is 20.5. The standard InChI is InChI=1S/C31H52O6S2Si/c1-9-31(21-12-22-31)28(37-40(7,8)30(2,3)4)16-11-15-25-23(17-19-26(25)36-39(6,33)34)13-10-14-24-18-20-27(38-24)29(32)35-5/h11,15,18,20,23,25-26,28H,9-10,12-14,16-17,19,21-22H2,1-8H3/b15-11+/t23-,25+,26+,28?/m0/s1. The van der Waals surface area contributed by atoms with Crippen molar-refractivity contribution in [2.24, 2.45) is 17.3 Å². The summed E-state index contributed by atoms with van der Waals surface area (Å²) in [5.41, 5.74) is 0.251. The van der Waals surface area contributed by atoms with Gasteiger partial charge in [0, 0.05) is 10.8 Å². The van der Waals surface area contributed by atoms with E-state index in [1.165, 1.54) is 42.6 Å². The molecule has 1 heterocycles. The van der Waals surface area contributed by atoms with Crippen molar-refractivity contribution < 1.29 is 26.6 Å². The topological polar surface area (TPSA) is 78.9 Å². The normalized spacial score (nSPS) is 24.2. The van der Waals surface area contributed by atoms with Crippen molar-refractivity contribution in [2.45, 2.75) is 122 Å². The number of aryl methyl sites for hydroxylation is 1. The van der Waals surface area contributed by atoms with Crippen molar-refractivity contribution in [3.8, 4) is 0 Å². The van der Waals surface area contributed by atoms with Crippen LogP contribution >= 0.6 is 11.3 Å². The van der Waals surface area contributed by atoms with Crippen LogP contribution in [-0.4, -0.2) is 48.3 Å². The summed E-state index contributed by atoms with van der Waals surface area (Å²) in [6.07, 6.45) is 15.9. The number of ether oxygens (including phenoxy) is 1. The van der Waals surface area contributed by atoms with Gasteiger partial charge in [0.1, 0.15) is 4.88 Å². The third kappa shape index (κ3) is 8.52. The van der Waals surface area contributed by atoms with Crippen molar-refractivity contribution >= 4 is 35.7 Å². The molecule has 9 heteroatoms. The summed E-state index contributed by atoms with van der Waals surface area (Å²) in [5, 5.41) is 0.152. The molecule has 6 nitrogen and oxygen atoms in total. The molecule has 0 saturated heterocycles. The van der Waals surface area contributed by atoms with Crippen LogP contribution in [0, 0.1) is 17.3 Å². The second kappa shape index (κ2) is 13.5. The maximum absolute atomic E-state index is 12.1. The van der Waals surface area contributed by atoms with E-state index in [-0.39, 0.29) is 34.5 Å². The SMILES string of the molecule is CCC1(C(C/C=C/[C@@H]2[C@@H](CCCc3ccc(C(=O)OC)s3)CC[C@H]2OS(C)(=O)=O)O[Si](C)(C)C(C)(C)C)CCC1. The van der Waals surface area contributed by atoms with Crippen LogP contribution < -0.4 is 0 Å². The Morgan fingerprint density at radius 1 is 1.23 bits per heavy atom. The predicted molar refractivity (Wildman–Crippen MR) is 167 cm³/mol. The molecule has 0 amide bonds. The number of rotatable bonds is 14. The third-order valence-electron chi connectivity index (χ3n) is 9.83. The summed E-state index contributed by atoms with van der Waals surface area (Å²) >= 11 is 1.49. The monoisotopic (exact) mass is 612 g/mol. The molecule has 0 spiro atoms. The second-order valence-corrected chi connectivity index (χ2v) is 21.0. The number of hydrogen-bond acceptors (Lipinski definition) is 7. The van der Waals surface area contributed by atoms with Crippen LogP contribution in [-0.2, 0) is 29.9 Å². The molecule has 4 atom stereocenters. The minimum Gasteiger partial charge on any atom is -0.465 e. The molecule has 2 aliphatic rings. The van der Waals surface area contributed by atoms with Crippen LogP contribution in [0.3, 0.4) is 0 Å². The van der Waals surface area contributed by atoms with E-state index < -0.39 is 18.4 Å². The summed E-state index contributed by atoms with van der Waals surface area (Å²) in [6, 6.07) is 3.83. The van der Waals surface area contributed by atoms with Crippen LogP contribution in [0.1, 0.15) is 100 Å². The molecule has 0 N–H and O–H groups in total. The summed E-state index contributed by atoms with van der Waals surface area (Å²) in [7, 11) is -4.07. The lowest BCUT2D eigenvalue weighted by Crippen LogP contribution is -2.51. The number of carbonyl (C=O) groups excluding carboxylic acids is 1. The lowest BCUT2D eigenvalue weighted by atomic mass is 9.63. The summed E-state index contributed by atoms with van der Waals surface area (Å²) < 4.78 is 41.6. The summed E-state index contributed by atoms with van der Waals surface area (Å²) in [5.74, 6) is 0.142. The molecule has 2 saturated carbocycles. The Morgan fingerprint density at radius 3 is 2.48 bits per heavy atom. The van der Waals surface area contributed by atoms with E-state index in [1.54, 1.807) is 0 Å². The molecular weight excluding hydrogens is 561 g/mol. The Hall–Kier alpha value is -1.00. The lowest BCUT2D eigenvalue weighted by Gasteiger charge is -2.51. The van der Waals surface area contributed by atoms with Gasteiger partial charge >= 0.3 is 5.97 Å². The first kappa shape index (κ1) is 33.5. The first-order chi connectivity index (χ1) is 18.6. The van der Waals surface area contributed by atoms with Crippen LogP contribution in [0.15, 0.2) is 24.3 Å². The molecule has 0 aromatic carbocycles. The van der Waals surface area contributed by atoms with Gasteiger partial charge in [-0.1, -0.05) is 46.3 Å². The Morgan fingerprint density at radius 2 is 1.93 bits per heavy atom. The van der Waals surface area contributed by atoms with Gasteiger partial charge in [0.25, 0.3) is 10.1 Å². The van der Waals surface area contributed by atoms with Gasteiger partial charge in [0.15, 0.2) is 8.32 Å². The van der Waals surface area contributed by atoms with Crippen LogP contribution in [0.25, 0.3) is 0 Å². The minimum atomic E-state index is -3.53. The largest absolute Gasteiger partial charge is 0.465 e. The zero-order valence-electron chi connectivity index (χ0n) is 26.0. The fourth-order valence-electron chi connectivity index (χ4n) is 6.13. The van der Waals surface area contributed by atoms with E-state index in [9.17, 15) is 13.2 Å². The number of carbonyl (C=O) groups is 1. The van der Waals surface area contributed by atoms with E-state index in [1.807, 2.05) is 12.1 Å². The highest BCUT2D eigenvalue weighted by molar-refractivity contribution is 7.86. The third-order valence-corrected chi connectivity index (χ3v) is 16.0. The molecule has 0 aliphatic heterocycles. The second-order valence-electron chi connectivity index (χ2n) is 13.5. The van der Waals surface area contributed by atoms with Gasteiger partial charge in [0.2, 0.25) is 0 Å². The van der Waals surface area contributed by atoms with Gasteiger partial charge < -0.3 is 9.16 Å². The molecule has 1 aromatic rings. The number of methoxy groups -OCH3 is 1. The highest BCUT2D eigenvalue weighted by Crippen LogP contribution is 2.51. The molecule has 1 aromatic heterocycles. The quantitative estimate of drug-likeness (QED) is 0.0913. The molecule has 2 fully saturated rings. The molecule has 40 heavy (non-hydrogen) atoms. The summed E-state index contributed by atoms with van der Waals surface area (Å²) in [6.45, 7) is 13.9. The number of hydrogen-bond donors (Lipinski definition) is 0. The molecule has 0 bridgehead atoms. The van der Waals surface area contributed by atoms with Crippen molar-refractivity contribution in [3.05, 3.63) is 34.0 Å². The Kier molecular flexibility index (Phi) is 11.3. The smallest absolute Gasteiger partial charge is 0.348 e. The van der Waals surface area contributed by atoms with Gasteiger partial charge in [-0.3, -0.25) is 4.18 Å².